The van der Waals surface area contributed by atoms with Crippen molar-refractivity contribution in [2.75, 3.05) is 19.8 Å². The summed E-state index contributed by atoms with van der Waals surface area (Å²) in [5.74, 6) is -1.50. The van der Waals surface area contributed by atoms with Crippen molar-refractivity contribution in [2.45, 2.75) is 6.42 Å². The van der Waals surface area contributed by atoms with Crippen LogP contribution in [0.1, 0.15) is 27.1 Å². The molecule has 6 nitrogen and oxygen atoms in total. The van der Waals surface area contributed by atoms with Crippen LogP contribution in [0.2, 0.25) is 0 Å². The van der Waals surface area contributed by atoms with Gasteiger partial charge in [-0.25, -0.2) is 9.59 Å². The standard InChI is InChI=1S/C19H18O6/c20-17(11-12-24-18(21)15-7-3-1-4-8-15)23-13-14-25-19(22)16-9-5-2-6-10-16/h1-10H,11-14H2. The summed E-state index contributed by atoms with van der Waals surface area (Å²) in [4.78, 5) is 34.8. The van der Waals surface area contributed by atoms with Crippen molar-refractivity contribution in [3.05, 3.63) is 71.8 Å². The second kappa shape index (κ2) is 9.87. The molecule has 0 saturated carbocycles. The third kappa shape index (κ3) is 6.47. The van der Waals surface area contributed by atoms with Crippen LogP contribution in [0.4, 0.5) is 0 Å². The van der Waals surface area contributed by atoms with Crippen molar-refractivity contribution in [3.63, 3.8) is 0 Å². The van der Waals surface area contributed by atoms with Crippen LogP contribution < -0.4 is 0 Å². The molecule has 0 unspecified atom stereocenters. The van der Waals surface area contributed by atoms with Gasteiger partial charge in [0.05, 0.1) is 17.5 Å². The van der Waals surface area contributed by atoms with Crippen molar-refractivity contribution in [1.82, 2.24) is 0 Å². The fourth-order valence-corrected chi connectivity index (χ4v) is 1.90. The Morgan fingerprint density at radius 1 is 0.600 bits per heavy atom. The molecule has 6 heteroatoms. The average molecular weight is 342 g/mol. The molecule has 0 amide bonds. The van der Waals surface area contributed by atoms with Crippen LogP contribution in [0.25, 0.3) is 0 Å². The first kappa shape index (κ1) is 18.2. The lowest BCUT2D eigenvalue weighted by Crippen LogP contribution is -2.16. The largest absolute Gasteiger partial charge is 0.462 e. The smallest absolute Gasteiger partial charge is 0.338 e. The minimum absolute atomic E-state index is 0.0384. The molecule has 0 aliphatic rings. The Labute approximate surface area is 145 Å². The lowest BCUT2D eigenvalue weighted by Gasteiger charge is -2.07. The Kier molecular flexibility index (Phi) is 7.18. The van der Waals surface area contributed by atoms with Gasteiger partial charge in [-0.15, -0.1) is 0 Å². The highest BCUT2D eigenvalue weighted by atomic mass is 16.6. The molecule has 0 bridgehead atoms. The van der Waals surface area contributed by atoms with Gasteiger partial charge in [0.25, 0.3) is 0 Å². The Hall–Kier alpha value is -3.15. The molecular weight excluding hydrogens is 324 g/mol. The van der Waals surface area contributed by atoms with E-state index in [1.54, 1.807) is 60.7 Å². The maximum atomic E-state index is 11.7. The van der Waals surface area contributed by atoms with Crippen LogP contribution in [0.15, 0.2) is 60.7 Å². The van der Waals surface area contributed by atoms with E-state index in [1.165, 1.54) is 0 Å². The molecule has 2 aromatic rings. The Balaban J connectivity index is 1.57. The third-order valence-corrected chi connectivity index (χ3v) is 3.14. The van der Waals surface area contributed by atoms with Gasteiger partial charge in [0.15, 0.2) is 0 Å². The van der Waals surface area contributed by atoms with Crippen LogP contribution in [0, 0.1) is 0 Å². The van der Waals surface area contributed by atoms with Gasteiger partial charge in [0.1, 0.15) is 19.8 Å². The molecule has 2 rings (SSSR count). The van der Waals surface area contributed by atoms with Crippen molar-refractivity contribution in [2.24, 2.45) is 0 Å². The van der Waals surface area contributed by atoms with Gasteiger partial charge in [-0.05, 0) is 24.3 Å². The SMILES string of the molecule is O=C(CCOC(=O)c1ccccc1)OCCOC(=O)c1ccccc1. The number of benzene rings is 2. The Morgan fingerprint density at radius 3 is 1.56 bits per heavy atom. The van der Waals surface area contributed by atoms with E-state index in [0.29, 0.717) is 11.1 Å². The summed E-state index contributed by atoms with van der Waals surface area (Å²) in [5, 5.41) is 0. The molecule has 0 atom stereocenters. The van der Waals surface area contributed by atoms with Gasteiger partial charge in [-0.2, -0.15) is 0 Å². The predicted molar refractivity (Wildman–Crippen MR) is 89.0 cm³/mol. The van der Waals surface area contributed by atoms with Crippen LogP contribution in [-0.4, -0.2) is 37.7 Å². The number of carbonyl (C=O) groups is 3. The van der Waals surface area contributed by atoms with Crippen LogP contribution >= 0.6 is 0 Å². The van der Waals surface area contributed by atoms with E-state index >= 15 is 0 Å². The van der Waals surface area contributed by atoms with Crippen molar-refractivity contribution in [3.8, 4) is 0 Å². The second-order valence-corrected chi connectivity index (χ2v) is 4.97. The van der Waals surface area contributed by atoms with E-state index < -0.39 is 17.9 Å². The van der Waals surface area contributed by atoms with Crippen LogP contribution in [-0.2, 0) is 19.0 Å². The minimum Gasteiger partial charge on any atom is -0.462 e. The lowest BCUT2D eigenvalue weighted by atomic mass is 10.2. The minimum atomic E-state index is -0.531. The van der Waals surface area contributed by atoms with Crippen molar-refractivity contribution < 1.29 is 28.6 Å². The summed E-state index contributed by atoms with van der Waals surface area (Å²) in [5.41, 5.74) is 0.852. The molecular formula is C19H18O6. The Morgan fingerprint density at radius 2 is 1.04 bits per heavy atom. The quantitative estimate of drug-likeness (QED) is 0.417. The molecule has 0 fully saturated rings. The molecule has 130 valence electrons. The first-order valence-electron chi connectivity index (χ1n) is 7.77. The van der Waals surface area contributed by atoms with Gasteiger partial charge in [0.2, 0.25) is 0 Å². The van der Waals surface area contributed by atoms with Crippen molar-refractivity contribution >= 4 is 17.9 Å². The highest BCUT2D eigenvalue weighted by molar-refractivity contribution is 5.89. The van der Waals surface area contributed by atoms with E-state index in [4.69, 9.17) is 14.2 Å². The molecule has 0 spiro atoms. The van der Waals surface area contributed by atoms with Crippen molar-refractivity contribution in [1.29, 1.82) is 0 Å². The van der Waals surface area contributed by atoms with E-state index in [2.05, 4.69) is 0 Å². The van der Waals surface area contributed by atoms with Gasteiger partial charge < -0.3 is 14.2 Å². The number of ether oxygens (including phenoxy) is 3. The lowest BCUT2D eigenvalue weighted by molar-refractivity contribution is -0.145. The molecule has 0 aliphatic carbocycles. The number of rotatable bonds is 8. The zero-order valence-corrected chi connectivity index (χ0v) is 13.6. The maximum absolute atomic E-state index is 11.7. The van der Waals surface area contributed by atoms with Gasteiger partial charge in [-0.3, -0.25) is 4.79 Å². The first-order valence-corrected chi connectivity index (χ1v) is 7.77. The second-order valence-electron chi connectivity index (χ2n) is 4.97. The van der Waals surface area contributed by atoms with Crippen LogP contribution in [0.3, 0.4) is 0 Å². The summed E-state index contributed by atoms with van der Waals surface area (Å²) in [7, 11) is 0. The summed E-state index contributed by atoms with van der Waals surface area (Å²) >= 11 is 0. The molecule has 0 heterocycles. The maximum Gasteiger partial charge on any atom is 0.338 e. The number of hydrogen-bond acceptors (Lipinski definition) is 6. The zero-order valence-electron chi connectivity index (χ0n) is 13.6. The average Bonchev–Trinajstić information content (AvgIpc) is 2.66. The predicted octanol–water partition coefficient (Wildman–Crippen LogP) is 2.63. The molecule has 0 radical (unpaired) electrons. The number of hydrogen-bond donors (Lipinski definition) is 0. The fraction of sp³-hybridized carbons (Fsp3) is 0.211. The molecule has 0 N–H and O–H groups in total. The van der Waals surface area contributed by atoms with E-state index in [0.717, 1.165) is 0 Å². The number of esters is 3. The molecule has 0 saturated heterocycles. The Bertz CT molecular complexity index is 696. The van der Waals surface area contributed by atoms with E-state index in [-0.39, 0.29) is 26.2 Å². The molecule has 2 aromatic carbocycles. The summed E-state index contributed by atoms with van der Waals surface area (Å²) < 4.78 is 14.9. The fourth-order valence-electron chi connectivity index (χ4n) is 1.90. The summed E-state index contributed by atoms with van der Waals surface area (Å²) in [6.45, 7) is -0.163. The highest BCUT2D eigenvalue weighted by Gasteiger charge is 2.10. The number of carbonyl (C=O) groups excluding carboxylic acids is 3. The van der Waals surface area contributed by atoms with Gasteiger partial charge in [-0.1, -0.05) is 36.4 Å². The molecule has 0 aliphatic heterocycles. The topological polar surface area (TPSA) is 78.9 Å². The molecule has 25 heavy (non-hydrogen) atoms. The summed E-state index contributed by atoms with van der Waals surface area (Å²) in [6.07, 6.45) is -0.0643. The van der Waals surface area contributed by atoms with E-state index in [1.807, 2.05) is 0 Å². The summed E-state index contributed by atoms with van der Waals surface area (Å²) in [6, 6.07) is 17.0. The molecule has 0 aromatic heterocycles. The highest BCUT2D eigenvalue weighted by Crippen LogP contribution is 2.02. The normalized spacial score (nSPS) is 9.92. The van der Waals surface area contributed by atoms with Gasteiger partial charge >= 0.3 is 17.9 Å². The third-order valence-electron chi connectivity index (χ3n) is 3.14. The van der Waals surface area contributed by atoms with E-state index in [9.17, 15) is 14.4 Å². The monoisotopic (exact) mass is 342 g/mol. The van der Waals surface area contributed by atoms with Gasteiger partial charge in [0, 0.05) is 0 Å². The van der Waals surface area contributed by atoms with Crippen LogP contribution in [0.5, 0.6) is 0 Å². The first-order chi connectivity index (χ1) is 12.2. The zero-order chi connectivity index (χ0) is 17.9.